The van der Waals surface area contributed by atoms with Crippen LogP contribution in [0.15, 0.2) is 65.2 Å². The van der Waals surface area contributed by atoms with E-state index in [1.54, 1.807) is 30.3 Å². The maximum Gasteiger partial charge on any atom is 0.312 e. The summed E-state index contributed by atoms with van der Waals surface area (Å²) in [5.74, 6) is -1.25. The number of para-hydroxylation sites is 1. The van der Waals surface area contributed by atoms with E-state index in [0.717, 1.165) is 5.01 Å². The first-order chi connectivity index (χ1) is 13.4. The minimum Gasteiger partial charge on any atom is -0.482 e. The van der Waals surface area contributed by atoms with Crippen LogP contribution < -0.4 is 15.2 Å². The lowest BCUT2D eigenvalue weighted by Gasteiger charge is -2.14. The zero-order valence-electron chi connectivity index (χ0n) is 14.4. The van der Waals surface area contributed by atoms with Crippen molar-refractivity contribution in [2.45, 2.75) is 0 Å². The molecule has 2 aromatic rings. The molecule has 0 aliphatic carbocycles. The summed E-state index contributed by atoms with van der Waals surface area (Å²) in [6.45, 7) is 3.55. The van der Waals surface area contributed by atoms with Gasteiger partial charge in [-0.15, -0.1) is 0 Å². The minimum atomic E-state index is -0.619. The Morgan fingerprint density at radius 1 is 1.25 bits per heavy atom. The molecule has 0 radical (unpaired) electrons. The Kier molecular flexibility index (Phi) is 5.55. The summed E-state index contributed by atoms with van der Waals surface area (Å²) in [5.41, 5.74) is 2.73. The highest BCUT2D eigenvalue weighted by atomic mass is 79.9. The molecule has 1 fully saturated rings. The number of nitrogens with zero attached hydrogens (tertiary/aromatic N) is 2. The van der Waals surface area contributed by atoms with Crippen molar-refractivity contribution in [2.75, 3.05) is 11.6 Å². The Bertz CT molecular complexity index is 1000. The smallest absolute Gasteiger partial charge is 0.312 e. The topological polar surface area (TPSA) is 102 Å². The van der Waals surface area contributed by atoms with Crippen LogP contribution in [-0.2, 0) is 9.59 Å². The zero-order chi connectivity index (χ0) is 20.3. The third-order valence-electron chi connectivity index (χ3n) is 3.81. The minimum absolute atomic E-state index is 0.0227. The molecular formula is C19H14BrN3O5. The predicted molar refractivity (Wildman–Crippen MR) is 107 cm³/mol. The monoisotopic (exact) mass is 443 g/mol. The van der Waals surface area contributed by atoms with Crippen LogP contribution >= 0.6 is 15.9 Å². The van der Waals surface area contributed by atoms with E-state index in [2.05, 4.69) is 27.9 Å². The Labute approximate surface area is 168 Å². The average molecular weight is 444 g/mol. The van der Waals surface area contributed by atoms with E-state index in [1.807, 2.05) is 0 Å². The van der Waals surface area contributed by atoms with Crippen LogP contribution in [0.3, 0.4) is 0 Å². The predicted octanol–water partition coefficient (Wildman–Crippen LogP) is 3.38. The largest absolute Gasteiger partial charge is 0.482 e. The van der Waals surface area contributed by atoms with Crippen molar-refractivity contribution in [2.24, 2.45) is 0 Å². The number of benzene rings is 2. The number of halogens is 1. The average Bonchev–Trinajstić information content (AvgIpc) is 2.95. The first kappa shape index (κ1) is 19.3. The Hall–Kier alpha value is -3.46. The Morgan fingerprint density at radius 3 is 2.61 bits per heavy atom. The first-order valence-corrected chi connectivity index (χ1v) is 8.85. The van der Waals surface area contributed by atoms with Crippen LogP contribution in [0.25, 0.3) is 6.08 Å². The highest BCUT2D eigenvalue weighted by molar-refractivity contribution is 9.10. The van der Waals surface area contributed by atoms with Gasteiger partial charge in [0.1, 0.15) is 12.2 Å². The highest BCUT2D eigenvalue weighted by Crippen LogP contribution is 2.36. The van der Waals surface area contributed by atoms with Crippen molar-refractivity contribution in [3.8, 4) is 5.75 Å². The molecule has 0 unspecified atom stereocenters. The number of hydrogen-bond acceptors (Lipinski definition) is 5. The van der Waals surface area contributed by atoms with Crippen molar-refractivity contribution >= 4 is 45.2 Å². The van der Waals surface area contributed by atoms with Gasteiger partial charge in [-0.05, 0) is 24.3 Å². The maximum absolute atomic E-state index is 12.7. The molecule has 0 aromatic heterocycles. The van der Waals surface area contributed by atoms with Gasteiger partial charge in [0, 0.05) is 16.1 Å². The molecule has 1 aliphatic heterocycles. The number of ether oxygens (including phenoxy) is 1. The molecular weight excluding hydrogens is 430 g/mol. The Morgan fingerprint density at radius 2 is 1.96 bits per heavy atom. The molecule has 0 spiro atoms. The van der Waals surface area contributed by atoms with Crippen LogP contribution in [0, 0.1) is 10.1 Å². The molecule has 9 heteroatoms. The lowest BCUT2D eigenvalue weighted by atomic mass is 10.1. The lowest BCUT2D eigenvalue weighted by Crippen LogP contribution is -2.35. The molecule has 2 amide bonds. The first-order valence-electron chi connectivity index (χ1n) is 8.06. The zero-order valence-corrected chi connectivity index (χ0v) is 16.0. The quantitative estimate of drug-likeness (QED) is 0.242. The van der Waals surface area contributed by atoms with Crippen molar-refractivity contribution in [1.29, 1.82) is 0 Å². The summed E-state index contributed by atoms with van der Waals surface area (Å²) in [7, 11) is 0. The summed E-state index contributed by atoms with van der Waals surface area (Å²) in [6, 6.07) is 11.4. The van der Waals surface area contributed by atoms with Gasteiger partial charge in [-0.3, -0.25) is 25.1 Å². The van der Waals surface area contributed by atoms with E-state index in [4.69, 9.17) is 4.74 Å². The van der Waals surface area contributed by atoms with E-state index in [9.17, 15) is 19.7 Å². The van der Waals surface area contributed by atoms with Gasteiger partial charge >= 0.3 is 5.69 Å². The number of carbonyl (C=O) groups excluding carboxylic acids is 2. The van der Waals surface area contributed by atoms with Crippen LogP contribution in [-0.4, -0.2) is 23.3 Å². The van der Waals surface area contributed by atoms with Crippen LogP contribution in [0.2, 0.25) is 0 Å². The molecule has 1 saturated heterocycles. The van der Waals surface area contributed by atoms with Crippen molar-refractivity contribution < 1.29 is 19.2 Å². The van der Waals surface area contributed by atoms with Gasteiger partial charge in [-0.2, -0.15) is 0 Å². The van der Waals surface area contributed by atoms with Crippen LogP contribution in [0.4, 0.5) is 11.4 Å². The van der Waals surface area contributed by atoms with Crippen LogP contribution in [0.1, 0.15) is 5.56 Å². The second kappa shape index (κ2) is 8.05. The second-order valence-electron chi connectivity index (χ2n) is 5.68. The number of hydrazine groups is 1. The third-order valence-corrected chi connectivity index (χ3v) is 4.27. The van der Waals surface area contributed by atoms with E-state index in [-0.39, 0.29) is 29.2 Å². The number of anilines is 1. The maximum atomic E-state index is 12.7. The lowest BCUT2D eigenvalue weighted by molar-refractivity contribution is -0.385. The fourth-order valence-corrected chi connectivity index (χ4v) is 3.08. The van der Waals surface area contributed by atoms with Gasteiger partial charge in [0.15, 0.2) is 0 Å². The molecule has 3 rings (SSSR count). The van der Waals surface area contributed by atoms with Crippen molar-refractivity contribution in [3.63, 3.8) is 0 Å². The summed E-state index contributed by atoms with van der Waals surface area (Å²) in [6.07, 6.45) is 2.71. The summed E-state index contributed by atoms with van der Waals surface area (Å²) < 4.78 is 5.85. The normalized spacial score (nSPS) is 14.9. The summed E-state index contributed by atoms with van der Waals surface area (Å²) >= 11 is 3.21. The summed E-state index contributed by atoms with van der Waals surface area (Å²) in [4.78, 5) is 35.9. The molecule has 142 valence electrons. The Balaban J connectivity index is 2.07. The van der Waals surface area contributed by atoms with Gasteiger partial charge in [-0.1, -0.05) is 46.8 Å². The summed E-state index contributed by atoms with van der Waals surface area (Å²) in [5, 5.41) is 12.5. The number of hydrogen-bond donors (Lipinski definition) is 1. The molecule has 1 aliphatic rings. The van der Waals surface area contributed by atoms with Gasteiger partial charge < -0.3 is 4.74 Å². The van der Waals surface area contributed by atoms with Gasteiger partial charge in [0.2, 0.25) is 5.75 Å². The third kappa shape index (κ3) is 3.79. The van der Waals surface area contributed by atoms with E-state index in [1.165, 1.54) is 24.3 Å². The SMILES string of the molecule is C=CCOc1c(/C=C2/C(=O)NN(c3ccccc3)C2=O)cc(Br)cc1[N+](=O)[O-]. The molecule has 0 bridgehead atoms. The molecule has 1 N–H and O–H groups in total. The molecule has 0 atom stereocenters. The molecule has 8 nitrogen and oxygen atoms in total. The molecule has 28 heavy (non-hydrogen) atoms. The number of nitro benzene ring substituents is 1. The van der Waals surface area contributed by atoms with Crippen molar-refractivity contribution in [3.05, 3.63) is 80.8 Å². The van der Waals surface area contributed by atoms with Gasteiger partial charge in [0.25, 0.3) is 11.8 Å². The fourth-order valence-electron chi connectivity index (χ4n) is 2.61. The number of nitrogens with one attached hydrogen (secondary N) is 1. The number of rotatable bonds is 6. The molecule has 1 heterocycles. The standard InChI is InChI=1S/C19H14BrN3O5/c1-2-8-28-17-12(9-13(20)11-16(17)23(26)27)10-15-18(24)21-22(19(15)25)14-6-4-3-5-7-14/h2-7,9-11H,1,8H2,(H,21,24)/b15-10-. The molecule has 2 aromatic carbocycles. The highest BCUT2D eigenvalue weighted by Gasteiger charge is 2.35. The van der Waals surface area contributed by atoms with Gasteiger partial charge in [0.05, 0.1) is 10.6 Å². The number of nitro groups is 1. The number of amides is 2. The van der Waals surface area contributed by atoms with E-state index < -0.39 is 16.7 Å². The van der Waals surface area contributed by atoms with Crippen LogP contribution in [0.5, 0.6) is 5.75 Å². The van der Waals surface area contributed by atoms with E-state index >= 15 is 0 Å². The fraction of sp³-hybridized carbons (Fsp3) is 0.0526. The second-order valence-corrected chi connectivity index (χ2v) is 6.59. The molecule has 0 saturated carbocycles. The number of carbonyl (C=O) groups is 2. The van der Waals surface area contributed by atoms with Crippen molar-refractivity contribution in [1.82, 2.24) is 5.43 Å². The van der Waals surface area contributed by atoms with Gasteiger partial charge in [-0.25, -0.2) is 5.01 Å². The van der Waals surface area contributed by atoms with E-state index in [0.29, 0.717) is 10.2 Å².